The lowest BCUT2D eigenvalue weighted by Gasteiger charge is -2.33. The number of Topliss-reactive ketones (excluding diaryl/α,β-unsaturated/α-hetero) is 1. The second kappa shape index (κ2) is 6.85. The highest BCUT2D eigenvalue weighted by Gasteiger charge is 2.31. The lowest BCUT2D eigenvalue weighted by molar-refractivity contribution is -0.126. The van der Waals surface area contributed by atoms with Crippen molar-refractivity contribution in [2.45, 2.75) is 52.1 Å². The number of nitrogens with zero attached hydrogens (tertiary/aromatic N) is 1. The molecule has 1 aliphatic carbocycles. The smallest absolute Gasteiger partial charge is 0.137 e. The molecule has 3 heteroatoms. The van der Waals surface area contributed by atoms with E-state index in [1.807, 2.05) is 0 Å². The molecule has 110 valence electrons. The fourth-order valence-electron chi connectivity index (χ4n) is 3.52. The minimum Gasteiger partial charge on any atom is -0.377 e. The second-order valence-corrected chi connectivity index (χ2v) is 6.80. The molecular weight excluding hydrogens is 238 g/mol. The van der Waals surface area contributed by atoms with Gasteiger partial charge in [-0.25, -0.2) is 0 Å². The van der Waals surface area contributed by atoms with Gasteiger partial charge in [0.2, 0.25) is 0 Å². The molecule has 0 aromatic heterocycles. The van der Waals surface area contributed by atoms with Gasteiger partial charge in [0, 0.05) is 32.0 Å². The van der Waals surface area contributed by atoms with Crippen LogP contribution in [0, 0.1) is 17.8 Å². The number of hydrogen-bond acceptors (Lipinski definition) is 3. The summed E-state index contributed by atoms with van der Waals surface area (Å²) in [6, 6.07) is 0. The summed E-state index contributed by atoms with van der Waals surface area (Å²) in [5.41, 5.74) is 0. The maximum Gasteiger partial charge on any atom is 0.137 e. The average molecular weight is 267 g/mol. The highest BCUT2D eigenvalue weighted by atomic mass is 16.5. The van der Waals surface area contributed by atoms with Crippen molar-refractivity contribution in [2.75, 3.05) is 26.7 Å². The molecule has 0 bridgehead atoms. The maximum absolute atomic E-state index is 12.1. The van der Waals surface area contributed by atoms with Gasteiger partial charge in [0.25, 0.3) is 0 Å². The van der Waals surface area contributed by atoms with E-state index in [1.165, 1.54) is 12.8 Å². The van der Waals surface area contributed by atoms with E-state index in [4.69, 9.17) is 4.74 Å². The average Bonchev–Trinajstić information content (AvgIpc) is 2.84. The van der Waals surface area contributed by atoms with Crippen molar-refractivity contribution in [3.63, 3.8) is 0 Å². The van der Waals surface area contributed by atoms with Gasteiger partial charge in [-0.1, -0.05) is 13.8 Å². The Balaban J connectivity index is 1.80. The van der Waals surface area contributed by atoms with E-state index < -0.39 is 0 Å². The molecule has 1 heterocycles. The standard InChI is InChI=1S/C16H29NO2/c1-12(2)13-6-7-16(18)14(9-13)10-17(3)11-15-5-4-8-19-15/h12-15H,4-11H2,1-3H3. The minimum atomic E-state index is 0.257. The number of rotatable bonds is 5. The molecule has 3 unspecified atom stereocenters. The molecule has 2 rings (SSSR count). The van der Waals surface area contributed by atoms with Crippen LogP contribution in [0.1, 0.15) is 46.0 Å². The van der Waals surface area contributed by atoms with Crippen LogP contribution in [0.5, 0.6) is 0 Å². The van der Waals surface area contributed by atoms with E-state index in [0.29, 0.717) is 17.8 Å². The number of hydrogen-bond donors (Lipinski definition) is 0. The quantitative estimate of drug-likeness (QED) is 0.767. The third-order valence-electron chi connectivity index (χ3n) is 4.82. The van der Waals surface area contributed by atoms with E-state index >= 15 is 0 Å². The van der Waals surface area contributed by atoms with Crippen LogP contribution in [0.3, 0.4) is 0 Å². The zero-order chi connectivity index (χ0) is 13.8. The van der Waals surface area contributed by atoms with Gasteiger partial charge in [-0.2, -0.15) is 0 Å². The van der Waals surface area contributed by atoms with Crippen molar-refractivity contribution >= 4 is 5.78 Å². The molecule has 2 fully saturated rings. The normalized spacial score (nSPS) is 32.5. The van der Waals surface area contributed by atoms with Gasteiger partial charge in [-0.3, -0.25) is 4.79 Å². The molecule has 0 aromatic carbocycles. The van der Waals surface area contributed by atoms with E-state index in [1.54, 1.807) is 0 Å². The first-order chi connectivity index (χ1) is 9.06. The summed E-state index contributed by atoms with van der Waals surface area (Å²) >= 11 is 0. The van der Waals surface area contributed by atoms with Gasteiger partial charge < -0.3 is 9.64 Å². The zero-order valence-corrected chi connectivity index (χ0v) is 12.7. The lowest BCUT2D eigenvalue weighted by atomic mass is 9.75. The number of likely N-dealkylation sites (N-methyl/N-ethyl adjacent to an activating group) is 1. The van der Waals surface area contributed by atoms with E-state index in [-0.39, 0.29) is 5.92 Å². The highest BCUT2D eigenvalue weighted by Crippen LogP contribution is 2.32. The van der Waals surface area contributed by atoms with Gasteiger partial charge in [-0.15, -0.1) is 0 Å². The fraction of sp³-hybridized carbons (Fsp3) is 0.938. The van der Waals surface area contributed by atoms with Crippen LogP contribution < -0.4 is 0 Å². The number of carbonyl (C=O) groups excluding carboxylic acids is 1. The van der Waals surface area contributed by atoms with Crippen molar-refractivity contribution < 1.29 is 9.53 Å². The van der Waals surface area contributed by atoms with Crippen LogP contribution in [-0.4, -0.2) is 43.5 Å². The largest absolute Gasteiger partial charge is 0.377 e. The molecule has 0 N–H and O–H groups in total. The Bertz CT molecular complexity index is 297. The molecule has 0 radical (unpaired) electrons. The van der Waals surface area contributed by atoms with Crippen LogP contribution >= 0.6 is 0 Å². The van der Waals surface area contributed by atoms with Crippen molar-refractivity contribution in [2.24, 2.45) is 17.8 Å². The third kappa shape index (κ3) is 4.28. The topological polar surface area (TPSA) is 29.5 Å². The predicted octanol–water partition coefficient (Wildman–Crippen LogP) is 2.74. The van der Waals surface area contributed by atoms with Gasteiger partial charge in [0.15, 0.2) is 0 Å². The molecule has 3 nitrogen and oxygen atoms in total. The number of ketones is 1. The third-order valence-corrected chi connectivity index (χ3v) is 4.82. The van der Waals surface area contributed by atoms with Crippen LogP contribution in [-0.2, 0) is 9.53 Å². The summed E-state index contributed by atoms with van der Waals surface area (Å²) in [5.74, 6) is 2.18. The first-order valence-corrected chi connectivity index (χ1v) is 7.89. The summed E-state index contributed by atoms with van der Waals surface area (Å²) < 4.78 is 5.67. The predicted molar refractivity (Wildman–Crippen MR) is 77.1 cm³/mol. The molecule has 0 aromatic rings. The number of carbonyl (C=O) groups is 1. The van der Waals surface area contributed by atoms with Crippen LogP contribution in [0.2, 0.25) is 0 Å². The van der Waals surface area contributed by atoms with Gasteiger partial charge in [0.05, 0.1) is 6.10 Å². The number of ether oxygens (including phenoxy) is 1. The molecule has 2 aliphatic rings. The van der Waals surface area contributed by atoms with E-state index in [0.717, 1.165) is 44.9 Å². The Morgan fingerprint density at radius 1 is 1.32 bits per heavy atom. The van der Waals surface area contributed by atoms with Crippen molar-refractivity contribution in [3.05, 3.63) is 0 Å². The van der Waals surface area contributed by atoms with Crippen LogP contribution in [0.15, 0.2) is 0 Å². The van der Waals surface area contributed by atoms with E-state index in [9.17, 15) is 4.79 Å². The zero-order valence-electron chi connectivity index (χ0n) is 12.7. The van der Waals surface area contributed by atoms with Gasteiger partial charge in [0.1, 0.15) is 5.78 Å². The molecular formula is C16H29NO2. The van der Waals surface area contributed by atoms with Crippen LogP contribution in [0.25, 0.3) is 0 Å². The van der Waals surface area contributed by atoms with E-state index in [2.05, 4.69) is 25.8 Å². The molecule has 1 saturated carbocycles. The summed E-state index contributed by atoms with van der Waals surface area (Å²) in [6.45, 7) is 7.38. The Labute approximate surface area is 117 Å². The molecule has 3 atom stereocenters. The Hall–Kier alpha value is -0.410. The minimum absolute atomic E-state index is 0.257. The lowest BCUT2D eigenvalue weighted by Crippen LogP contribution is -2.38. The molecule has 0 spiro atoms. The van der Waals surface area contributed by atoms with Crippen molar-refractivity contribution in [1.82, 2.24) is 4.90 Å². The van der Waals surface area contributed by atoms with Crippen molar-refractivity contribution in [1.29, 1.82) is 0 Å². The summed E-state index contributed by atoms with van der Waals surface area (Å²) in [6.07, 6.45) is 5.74. The Morgan fingerprint density at radius 3 is 2.74 bits per heavy atom. The first-order valence-electron chi connectivity index (χ1n) is 7.89. The van der Waals surface area contributed by atoms with Gasteiger partial charge in [-0.05, 0) is 44.6 Å². The summed E-state index contributed by atoms with van der Waals surface area (Å²) in [5, 5.41) is 0. The molecule has 19 heavy (non-hydrogen) atoms. The van der Waals surface area contributed by atoms with Crippen molar-refractivity contribution in [3.8, 4) is 0 Å². The molecule has 1 aliphatic heterocycles. The Morgan fingerprint density at radius 2 is 2.11 bits per heavy atom. The second-order valence-electron chi connectivity index (χ2n) is 6.80. The summed E-state index contributed by atoms with van der Waals surface area (Å²) in [7, 11) is 2.13. The molecule has 1 saturated heterocycles. The Kier molecular flexibility index (Phi) is 5.40. The van der Waals surface area contributed by atoms with Gasteiger partial charge >= 0.3 is 0 Å². The summed E-state index contributed by atoms with van der Waals surface area (Å²) in [4.78, 5) is 14.4. The monoisotopic (exact) mass is 267 g/mol. The SMILES string of the molecule is CC(C)C1CCC(=O)C(CN(C)CC2CCCO2)C1. The molecule has 0 amide bonds. The van der Waals surface area contributed by atoms with Crippen LogP contribution in [0.4, 0.5) is 0 Å². The first kappa shape index (κ1) is 15.0. The maximum atomic E-state index is 12.1. The highest BCUT2D eigenvalue weighted by molar-refractivity contribution is 5.81. The fourth-order valence-corrected chi connectivity index (χ4v) is 3.52.